The van der Waals surface area contributed by atoms with Crippen molar-refractivity contribution in [1.29, 1.82) is 0 Å². The van der Waals surface area contributed by atoms with Crippen molar-refractivity contribution in [1.82, 2.24) is 26.6 Å². The van der Waals surface area contributed by atoms with Crippen LogP contribution in [0.25, 0.3) is 6.15 Å². The molecule has 0 rings (SSSR count). The maximum Gasteiger partial charge on any atom is 0.246 e. The van der Waals surface area contributed by atoms with Gasteiger partial charge in [-0.15, -0.1) is 0 Å². The molecular formula is C42H82N6O10Y-2. The zero-order chi connectivity index (χ0) is 41.7. The number of nitrogens with one attached hydrogen (secondary N) is 5. The number of carbonyl (C=O) groups excluding carboxylic acids is 4. The second-order valence-electron chi connectivity index (χ2n) is 14.5. The number of aliphatic hydroxyl groups is 2. The molecule has 0 aromatic carbocycles. The molecule has 0 spiro atoms. The number of aliphatic hydroxyl groups excluding tert-OH is 2. The molecule has 17 heteroatoms. The number of hydrogen-bond donors (Lipinski definition) is 7. The van der Waals surface area contributed by atoms with Crippen molar-refractivity contribution in [2.24, 2.45) is 0 Å². The van der Waals surface area contributed by atoms with Crippen molar-refractivity contribution in [2.45, 2.75) is 147 Å². The van der Waals surface area contributed by atoms with Gasteiger partial charge < -0.3 is 66.7 Å². The summed E-state index contributed by atoms with van der Waals surface area (Å²) in [4.78, 5) is 46.5. The van der Waals surface area contributed by atoms with Gasteiger partial charge >= 0.3 is 0 Å². The van der Waals surface area contributed by atoms with Gasteiger partial charge in [0.15, 0.2) is 0 Å². The fraction of sp³-hybridized carbons (Fsp3) is 0.881. The Balaban J connectivity index is -0.0000157. The molecule has 9 N–H and O–H groups in total. The van der Waals surface area contributed by atoms with Gasteiger partial charge in [-0.05, 0) is 38.6 Å². The standard InChI is InChI=1S/C42H80N5O10.H2N.Y/c1-43-38(34-49)20-16-17-24-45-41(52)36-56-33-31-55-29-26-46-42(53)37-57-32-30-54-28-25-44-23-19-21-39(35-50)47-40(51)22-15-13-11-9-7-5-3-2-4-6-8-10-12-14-18-27-48;;/h1,38-39,43-44,48,50H,2-33,35-37H2,(H,45,52)(H,46,53)(H,47,51);1H2;/q2*-1;/t38-,39-;;/m0../s1. The molecule has 16 nitrogen and oxygen atoms in total. The average Bonchev–Trinajstić information content (AvgIpc) is 3.21. The summed E-state index contributed by atoms with van der Waals surface area (Å²) in [5.74, 6) is -0.456. The van der Waals surface area contributed by atoms with Crippen LogP contribution >= 0.6 is 0 Å². The topological polar surface area (TPSA) is 239 Å². The van der Waals surface area contributed by atoms with Crippen LogP contribution in [-0.2, 0) is 70.8 Å². The minimum Gasteiger partial charge on any atom is -0.693 e. The average molecular weight is 920 g/mol. The van der Waals surface area contributed by atoms with Crippen LogP contribution in [0.4, 0.5) is 0 Å². The molecule has 3 amide bonds. The summed E-state index contributed by atoms with van der Waals surface area (Å²) in [5, 5.41) is 32.6. The molecule has 0 fully saturated rings. The van der Waals surface area contributed by atoms with Crippen molar-refractivity contribution in [3.63, 3.8) is 0 Å². The Bertz CT molecular complexity index is 931. The molecule has 3 radical (unpaired) electrons. The predicted molar refractivity (Wildman–Crippen MR) is 227 cm³/mol. The van der Waals surface area contributed by atoms with E-state index in [0.717, 1.165) is 45.1 Å². The van der Waals surface area contributed by atoms with Crippen molar-refractivity contribution >= 4 is 24.0 Å². The first-order valence-corrected chi connectivity index (χ1v) is 21.9. The molecule has 0 aromatic rings. The second kappa shape index (κ2) is 51.2. The summed E-state index contributed by atoms with van der Waals surface area (Å²) < 4.78 is 21.5. The number of ether oxygens (including phenoxy) is 4. The van der Waals surface area contributed by atoms with Crippen molar-refractivity contribution < 1.29 is 81.0 Å². The van der Waals surface area contributed by atoms with Crippen LogP contribution in [0, 0.1) is 7.05 Å². The van der Waals surface area contributed by atoms with Gasteiger partial charge in [0.1, 0.15) is 13.2 Å². The van der Waals surface area contributed by atoms with Gasteiger partial charge in [-0.25, -0.2) is 6.29 Å². The monoisotopic (exact) mass is 920 g/mol. The quantitative estimate of drug-likeness (QED) is 0.0261. The second-order valence-corrected chi connectivity index (χ2v) is 14.5. The first kappa shape index (κ1) is 62.1. The molecular weight excluding hydrogens is 837 g/mol. The summed E-state index contributed by atoms with van der Waals surface area (Å²) >= 11 is 0. The molecule has 0 heterocycles. The van der Waals surface area contributed by atoms with E-state index < -0.39 is 6.04 Å². The Morgan fingerprint density at radius 2 is 1.03 bits per heavy atom. The van der Waals surface area contributed by atoms with Gasteiger partial charge in [-0.2, -0.15) is 0 Å². The van der Waals surface area contributed by atoms with E-state index in [9.17, 15) is 24.3 Å². The van der Waals surface area contributed by atoms with Crippen LogP contribution in [0.3, 0.4) is 0 Å². The largest absolute Gasteiger partial charge is 0.693 e. The van der Waals surface area contributed by atoms with Crippen molar-refractivity contribution in [3.05, 3.63) is 13.2 Å². The smallest absolute Gasteiger partial charge is 0.246 e. The molecule has 0 saturated heterocycles. The molecule has 0 unspecified atom stereocenters. The molecule has 59 heavy (non-hydrogen) atoms. The van der Waals surface area contributed by atoms with Crippen LogP contribution in [0.5, 0.6) is 0 Å². The first-order valence-electron chi connectivity index (χ1n) is 21.9. The SMILES string of the molecule is [CH]N[C@H]([C-]=O)CCCCNC(=O)COCCOCCNC(=O)COCCOCCNCCC[C@@H](CO)NC(=O)CCCCCCCCCCCCCCCCCO.[NH2-].[Y]. The van der Waals surface area contributed by atoms with Gasteiger partial charge in [0, 0.05) is 72.4 Å². The van der Waals surface area contributed by atoms with E-state index in [0.29, 0.717) is 85.0 Å². The van der Waals surface area contributed by atoms with Crippen molar-refractivity contribution in [2.75, 3.05) is 92.2 Å². The van der Waals surface area contributed by atoms with Gasteiger partial charge in [0.05, 0.1) is 52.3 Å². The normalized spacial score (nSPS) is 11.9. The van der Waals surface area contributed by atoms with E-state index in [1.807, 2.05) is 0 Å². The van der Waals surface area contributed by atoms with E-state index in [2.05, 4.69) is 26.6 Å². The molecule has 0 saturated carbocycles. The summed E-state index contributed by atoms with van der Waals surface area (Å²) in [6.45, 7) is 4.38. The number of nitrogens with two attached hydrogens (primary N) is 1. The molecule has 0 aliphatic heterocycles. The number of hydrogen-bond acceptors (Lipinski definition) is 12. The Morgan fingerprint density at radius 1 is 0.542 bits per heavy atom. The number of carbonyl (C=O) groups is 3. The number of amides is 3. The Kier molecular flexibility index (Phi) is 53.9. The number of unbranched alkanes of at least 4 members (excludes halogenated alkanes) is 15. The fourth-order valence-corrected chi connectivity index (χ4v) is 5.96. The maximum atomic E-state index is 12.3. The Hall–Kier alpha value is -1.18. The third-order valence-corrected chi connectivity index (χ3v) is 9.34. The molecule has 2 atom stereocenters. The van der Waals surface area contributed by atoms with Gasteiger partial charge in [-0.1, -0.05) is 102 Å². The molecule has 0 aliphatic carbocycles. The van der Waals surface area contributed by atoms with Gasteiger partial charge in [-0.3, -0.25) is 14.4 Å². The van der Waals surface area contributed by atoms with Crippen LogP contribution in [-0.4, -0.2) is 139 Å². The van der Waals surface area contributed by atoms with E-state index in [4.69, 9.17) is 31.1 Å². The zero-order valence-electron chi connectivity index (χ0n) is 36.3. The summed E-state index contributed by atoms with van der Waals surface area (Å²) in [7, 11) is 5.20. The predicted octanol–water partition coefficient (Wildman–Crippen LogP) is 3.99. The minimum atomic E-state index is -0.490. The van der Waals surface area contributed by atoms with E-state index >= 15 is 0 Å². The molecule has 0 aliphatic rings. The Labute approximate surface area is 382 Å². The zero-order valence-corrected chi connectivity index (χ0v) is 39.1. The Morgan fingerprint density at radius 3 is 1.54 bits per heavy atom. The van der Waals surface area contributed by atoms with Crippen LogP contribution in [0.15, 0.2) is 0 Å². The van der Waals surface area contributed by atoms with Crippen LogP contribution < -0.4 is 26.6 Å². The number of rotatable bonds is 46. The summed E-state index contributed by atoms with van der Waals surface area (Å²) in [5.41, 5.74) is 0. The van der Waals surface area contributed by atoms with Crippen LogP contribution in [0.2, 0.25) is 0 Å². The van der Waals surface area contributed by atoms with Crippen LogP contribution in [0.1, 0.15) is 135 Å². The maximum absolute atomic E-state index is 12.3. The first-order chi connectivity index (χ1) is 28.0. The summed E-state index contributed by atoms with van der Waals surface area (Å²) in [6.07, 6.45) is 24.2. The molecule has 0 aromatic heterocycles. The van der Waals surface area contributed by atoms with Crippen molar-refractivity contribution in [3.8, 4) is 0 Å². The molecule has 345 valence electrons. The third kappa shape index (κ3) is 47.7. The summed E-state index contributed by atoms with van der Waals surface area (Å²) in [6, 6.07) is -0.710. The van der Waals surface area contributed by atoms with E-state index in [1.165, 1.54) is 70.6 Å². The minimum absolute atomic E-state index is 0. The fourth-order valence-electron chi connectivity index (χ4n) is 5.96. The molecule has 0 bridgehead atoms. The van der Waals surface area contributed by atoms with E-state index in [-0.39, 0.29) is 89.1 Å². The van der Waals surface area contributed by atoms with Gasteiger partial charge in [0.2, 0.25) is 17.7 Å². The third-order valence-electron chi connectivity index (χ3n) is 9.34. The van der Waals surface area contributed by atoms with E-state index in [1.54, 1.807) is 6.29 Å². The van der Waals surface area contributed by atoms with Gasteiger partial charge in [0.25, 0.3) is 0 Å².